The van der Waals surface area contributed by atoms with E-state index in [1.54, 1.807) is 23.3 Å². The van der Waals surface area contributed by atoms with Crippen molar-refractivity contribution in [3.8, 4) is 22.6 Å². The first kappa shape index (κ1) is 11.8. The van der Waals surface area contributed by atoms with E-state index < -0.39 is 0 Å². The first-order valence-corrected chi connectivity index (χ1v) is 6.56. The first-order valence-electron chi connectivity index (χ1n) is 6.56. The molecule has 7 heteroatoms. The van der Waals surface area contributed by atoms with Crippen molar-refractivity contribution in [2.24, 2.45) is 7.05 Å². The van der Waals surface area contributed by atoms with Gasteiger partial charge in [-0.1, -0.05) is 0 Å². The van der Waals surface area contributed by atoms with Crippen LogP contribution >= 0.6 is 0 Å². The summed E-state index contributed by atoms with van der Waals surface area (Å²) in [7, 11) is 1.89. The summed E-state index contributed by atoms with van der Waals surface area (Å²) in [5.41, 5.74) is 4.65. The Morgan fingerprint density at radius 3 is 2.81 bits per heavy atom. The minimum atomic E-state index is 0.821. The molecule has 0 aliphatic rings. The molecule has 0 amide bonds. The number of nitrogens with zero attached hydrogens (tertiary/aromatic N) is 6. The summed E-state index contributed by atoms with van der Waals surface area (Å²) >= 11 is 0. The Morgan fingerprint density at radius 1 is 1.19 bits per heavy atom. The van der Waals surface area contributed by atoms with Crippen molar-refractivity contribution in [2.45, 2.75) is 6.92 Å². The number of rotatable bonds is 2. The molecule has 4 heterocycles. The molecular weight excluding hydrogens is 266 g/mol. The molecule has 0 atom stereocenters. The molecule has 4 rings (SSSR count). The zero-order chi connectivity index (χ0) is 14.4. The number of imidazole rings is 1. The highest BCUT2D eigenvalue weighted by atomic mass is 15.2. The number of aromatic amines is 1. The van der Waals surface area contributed by atoms with Crippen LogP contribution in [0.4, 0.5) is 0 Å². The van der Waals surface area contributed by atoms with Crippen molar-refractivity contribution in [1.82, 2.24) is 34.3 Å². The van der Waals surface area contributed by atoms with Gasteiger partial charge in [0.1, 0.15) is 11.5 Å². The normalized spacial score (nSPS) is 11.3. The zero-order valence-electron chi connectivity index (χ0n) is 11.6. The molecule has 4 aromatic rings. The molecule has 0 spiro atoms. The number of aryl methyl sites for hydroxylation is 2. The van der Waals surface area contributed by atoms with Crippen LogP contribution in [0.1, 0.15) is 5.69 Å². The van der Waals surface area contributed by atoms with E-state index in [9.17, 15) is 0 Å². The van der Waals surface area contributed by atoms with Crippen LogP contribution in [-0.4, -0.2) is 34.3 Å². The molecule has 0 saturated carbocycles. The topological polar surface area (TPSA) is 76.7 Å². The summed E-state index contributed by atoms with van der Waals surface area (Å²) in [6.45, 7) is 1.97. The fourth-order valence-electron chi connectivity index (χ4n) is 2.39. The number of aromatic nitrogens is 7. The van der Waals surface area contributed by atoms with E-state index in [0.717, 1.165) is 34.0 Å². The third kappa shape index (κ3) is 1.82. The molecule has 21 heavy (non-hydrogen) atoms. The van der Waals surface area contributed by atoms with Crippen LogP contribution in [0.15, 0.2) is 37.1 Å². The number of nitrogens with one attached hydrogen (secondary N) is 1. The Bertz CT molecular complexity index is 928. The van der Waals surface area contributed by atoms with Crippen LogP contribution in [0.3, 0.4) is 0 Å². The summed E-state index contributed by atoms with van der Waals surface area (Å²) in [5.74, 6) is 0.821. The van der Waals surface area contributed by atoms with Crippen molar-refractivity contribution < 1.29 is 0 Å². The summed E-state index contributed by atoms with van der Waals surface area (Å²) in [4.78, 5) is 9.10. The molecule has 0 aliphatic heterocycles. The standard InChI is InChI=1S/C14H13N7/c1-9-11(6-16-19-9)14-15-4-3-13-18-12(8-21(13)14)10-5-17-20(2)7-10/h3-8H,1-2H3,(H,16,19). The first-order chi connectivity index (χ1) is 10.2. The monoisotopic (exact) mass is 279 g/mol. The average molecular weight is 279 g/mol. The van der Waals surface area contributed by atoms with Crippen LogP contribution in [0, 0.1) is 6.92 Å². The third-order valence-corrected chi connectivity index (χ3v) is 3.45. The summed E-state index contributed by atoms with van der Waals surface area (Å²) in [6, 6.07) is 1.89. The Morgan fingerprint density at radius 2 is 2.10 bits per heavy atom. The largest absolute Gasteiger partial charge is 0.283 e. The molecule has 104 valence electrons. The zero-order valence-corrected chi connectivity index (χ0v) is 11.6. The van der Waals surface area contributed by atoms with Crippen molar-refractivity contribution in [3.05, 3.63) is 42.7 Å². The van der Waals surface area contributed by atoms with Gasteiger partial charge in [-0.3, -0.25) is 14.2 Å². The van der Waals surface area contributed by atoms with Gasteiger partial charge in [-0.2, -0.15) is 10.2 Å². The minimum absolute atomic E-state index is 0.821. The van der Waals surface area contributed by atoms with Gasteiger partial charge in [0, 0.05) is 36.9 Å². The number of H-pyrrole nitrogens is 1. The van der Waals surface area contributed by atoms with Gasteiger partial charge < -0.3 is 0 Å². The van der Waals surface area contributed by atoms with E-state index in [2.05, 4.69) is 25.3 Å². The van der Waals surface area contributed by atoms with Gasteiger partial charge in [-0.15, -0.1) is 0 Å². The lowest BCUT2D eigenvalue weighted by molar-refractivity contribution is 0.768. The van der Waals surface area contributed by atoms with E-state index in [4.69, 9.17) is 0 Å². The maximum absolute atomic E-state index is 4.64. The average Bonchev–Trinajstić information content (AvgIpc) is 3.16. The Labute approximate surface area is 120 Å². The highest BCUT2D eigenvalue weighted by molar-refractivity contribution is 5.66. The smallest absolute Gasteiger partial charge is 0.149 e. The summed E-state index contributed by atoms with van der Waals surface area (Å²) in [6.07, 6.45) is 9.26. The van der Waals surface area contributed by atoms with E-state index in [-0.39, 0.29) is 0 Å². The van der Waals surface area contributed by atoms with Crippen LogP contribution in [0.2, 0.25) is 0 Å². The van der Waals surface area contributed by atoms with Crippen molar-refractivity contribution in [3.63, 3.8) is 0 Å². The van der Waals surface area contributed by atoms with E-state index >= 15 is 0 Å². The number of hydrogen-bond donors (Lipinski definition) is 1. The predicted molar refractivity (Wildman–Crippen MR) is 77.5 cm³/mol. The lowest BCUT2D eigenvalue weighted by atomic mass is 10.2. The Hall–Kier alpha value is -2.96. The van der Waals surface area contributed by atoms with Gasteiger partial charge in [0.2, 0.25) is 0 Å². The third-order valence-electron chi connectivity index (χ3n) is 3.45. The highest BCUT2D eigenvalue weighted by Gasteiger charge is 2.13. The van der Waals surface area contributed by atoms with Crippen molar-refractivity contribution in [1.29, 1.82) is 0 Å². The van der Waals surface area contributed by atoms with Crippen molar-refractivity contribution >= 4 is 5.65 Å². The molecule has 1 N–H and O–H groups in total. The van der Waals surface area contributed by atoms with Crippen LogP contribution < -0.4 is 0 Å². The van der Waals surface area contributed by atoms with E-state index in [1.165, 1.54) is 0 Å². The van der Waals surface area contributed by atoms with Crippen LogP contribution in [0.25, 0.3) is 28.3 Å². The van der Waals surface area contributed by atoms with Gasteiger partial charge in [0.15, 0.2) is 0 Å². The highest BCUT2D eigenvalue weighted by Crippen LogP contribution is 2.24. The summed E-state index contributed by atoms with van der Waals surface area (Å²) < 4.78 is 3.74. The van der Waals surface area contributed by atoms with Gasteiger partial charge in [-0.25, -0.2) is 9.97 Å². The van der Waals surface area contributed by atoms with Gasteiger partial charge in [-0.05, 0) is 13.0 Å². The molecule has 0 saturated heterocycles. The second kappa shape index (κ2) is 4.27. The lowest BCUT2D eigenvalue weighted by Crippen LogP contribution is -1.94. The number of hydrogen-bond acceptors (Lipinski definition) is 4. The SMILES string of the molecule is Cc1[nH]ncc1-c1nccc2nc(-c3cnn(C)c3)cn12. The maximum Gasteiger partial charge on any atom is 0.149 e. The fourth-order valence-corrected chi connectivity index (χ4v) is 2.39. The lowest BCUT2D eigenvalue weighted by Gasteiger charge is -2.01. The molecule has 0 radical (unpaired) electrons. The van der Waals surface area contributed by atoms with Gasteiger partial charge in [0.25, 0.3) is 0 Å². The van der Waals surface area contributed by atoms with Crippen molar-refractivity contribution in [2.75, 3.05) is 0 Å². The van der Waals surface area contributed by atoms with Gasteiger partial charge >= 0.3 is 0 Å². The minimum Gasteiger partial charge on any atom is -0.283 e. The second-order valence-electron chi connectivity index (χ2n) is 4.93. The Kier molecular flexibility index (Phi) is 2.41. The second-order valence-corrected chi connectivity index (χ2v) is 4.93. The summed E-state index contributed by atoms with van der Waals surface area (Å²) in [5, 5.41) is 11.2. The number of fused-ring (bicyclic) bond motifs is 1. The quantitative estimate of drug-likeness (QED) is 0.607. The molecule has 0 aliphatic carbocycles. The van der Waals surface area contributed by atoms with E-state index in [0.29, 0.717) is 0 Å². The molecule has 7 nitrogen and oxygen atoms in total. The molecule has 0 unspecified atom stereocenters. The predicted octanol–water partition coefficient (Wildman–Crippen LogP) is 1.83. The fraction of sp³-hybridized carbons (Fsp3) is 0.143. The van der Waals surface area contributed by atoms with Crippen LogP contribution in [-0.2, 0) is 7.05 Å². The maximum atomic E-state index is 4.64. The van der Waals surface area contributed by atoms with E-state index in [1.807, 2.05) is 36.8 Å². The molecule has 0 aromatic carbocycles. The molecule has 0 bridgehead atoms. The van der Waals surface area contributed by atoms with Crippen LogP contribution in [0.5, 0.6) is 0 Å². The molecule has 4 aromatic heterocycles. The molecular formula is C14H13N7. The molecule has 0 fully saturated rings. The van der Waals surface area contributed by atoms with Gasteiger partial charge in [0.05, 0.1) is 23.7 Å². The Balaban J connectivity index is 1.94.